The maximum atomic E-state index is 12.4. The molecule has 0 amide bonds. The Morgan fingerprint density at radius 1 is 1.05 bits per heavy atom. The summed E-state index contributed by atoms with van der Waals surface area (Å²) < 4.78 is 0. The Labute approximate surface area is 123 Å². The lowest BCUT2D eigenvalue weighted by Crippen LogP contribution is -2.14. The summed E-state index contributed by atoms with van der Waals surface area (Å²) in [5, 5.41) is 0.467. The second-order valence-corrected chi connectivity index (χ2v) is 6.23. The zero-order valence-corrected chi connectivity index (χ0v) is 13.0. The Hall–Kier alpha value is -1.68. The quantitative estimate of drug-likeness (QED) is 0.487. The van der Waals surface area contributed by atoms with Gasteiger partial charge in [-0.05, 0) is 33.8 Å². The zero-order chi connectivity index (χ0) is 14.7. The first kappa shape index (κ1) is 14.7. The zero-order valence-electron chi connectivity index (χ0n) is 12.2. The molecular formula is C16H18N2OS. The predicted octanol–water partition coefficient (Wildman–Crippen LogP) is 3.77. The summed E-state index contributed by atoms with van der Waals surface area (Å²) >= 11 is 1.41. The molecule has 1 aromatic carbocycles. The molecule has 0 radical (unpaired) electrons. The molecule has 1 aromatic heterocycles. The molecule has 1 atom stereocenters. The molecule has 0 saturated carbocycles. The van der Waals surface area contributed by atoms with Crippen LogP contribution in [-0.4, -0.2) is 21.0 Å². The highest BCUT2D eigenvalue weighted by Gasteiger charge is 2.18. The summed E-state index contributed by atoms with van der Waals surface area (Å²) in [5.74, 6) is 0.109. The van der Waals surface area contributed by atoms with Gasteiger partial charge in [0.25, 0.3) is 0 Å². The van der Waals surface area contributed by atoms with Crippen molar-refractivity contribution in [3.63, 3.8) is 0 Å². The van der Waals surface area contributed by atoms with Crippen molar-refractivity contribution >= 4 is 17.5 Å². The lowest BCUT2D eigenvalue weighted by molar-refractivity contribution is 0.0994. The van der Waals surface area contributed by atoms with Gasteiger partial charge >= 0.3 is 0 Å². The van der Waals surface area contributed by atoms with Crippen LogP contribution >= 0.6 is 11.8 Å². The molecule has 4 heteroatoms. The van der Waals surface area contributed by atoms with Gasteiger partial charge in [0.2, 0.25) is 0 Å². The van der Waals surface area contributed by atoms with Crippen LogP contribution in [0.4, 0.5) is 0 Å². The second-order valence-electron chi connectivity index (χ2n) is 4.92. The van der Waals surface area contributed by atoms with Crippen molar-refractivity contribution in [3.05, 3.63) is 52.8 Å². The summed E-state index contributed by atoms with van der Waals surface area (Å²) in [6, 6.07) is 9.58. The molecule has 0 fully saturated rings. The molecule has 3 nitrogen and oxygen atoms in total. The summed E-state index contributed by atoms with van der Waals surface area (Å²) in [5.41, 5.74) is 3.74. The first-order chi connectivity index (χ1) is 9.45. The van der Waals surface area contributed by atoms with Crippen molar-refractivity contribution in [2.24, 2.45) is 0 Å². The SMILES string of the molecule is Cc1ccc(C(=O)C(C)Sc2nc(C)cc(C)n2)cc1. The van der Waals surface area contributed by atoms with E-state index in [0.29, 0.717) is 5.16 Å². The fraction of sp³-hybridized carbons (Fsp3) is 0.312. The van der Waals surface area contributed by atoms with E-state index < -0.39 is 0 Å². The molecule has 1 heterocycles. The van der Waals surface area contributed by atoms with E-state index in [-0.39, 0.29) is 11.0 Å². The lowest BCUT2D eigenvalue weighted by atomic mass is 10.1. The van der Waals surface area contributed by atoms with Gasteiger partial charge in [-0.25, -0.2) is 9.97 Å². The van der Waals surface area contributed by atoms with Crippen molar-refractivity contribution in [1.82, 2.24) is 9.97 Å². The van der Waals surface area contributed by atoms with Crippen LogP contribution in [0.5, 0.6) is 0 Å². The molecule has 1 unspecified atom stereocenters. The summed E-state index contributed by atoms with van der Waals surface area (Å²) in [6.07, 6.45) is 0. The standard InChI is InChI=1S/C16H18N2OS/c1-10-5-7-14(8-6-10)15(19)13(4)20-16-17-11(2)9-12(3)18-16/h5-9,13H,1-4H3. The van der Waals surface area contributed by atoms with Crippen LogP contribution in [0.3, 0.4) is 0 Å². The first-order valence-corrected chi connectivity index (χ1v) is 7.43. The van der Waals surface area contributed by atoms with E-state index in [2.05, 4.69) is 9.97 Å². The molecule has 0 spiro atoms. The molecule has 0 bridgehead atoms. The summed E-state index contributed by atoms with van der Waals surface area (Å²) in [6.45, 7) is 7.78. The van der Waals surface area contributed by atoms with Gasteiger partial charge in [0, 0.05) is 17.0 Å². The van der Waals surface area contributed by atoms with Gasteiger partial charge in [0.1, 0.15) is 0 Å². The molecule has 0 aliphatic heterocycles. The van der Waals surface area contributed by atoms with Crippen molar-refractivity contribution < 1.29 is 4.79 Å². The Morgan fingerprint density at radius 3 is 2.15 bits per heavy atom. The summed E-state index contributed by atoms with van der Waals surface area (Å²) in [4.78, 5) is 21.1. The average molecular weight is 286 g/mol. The topological polar surface area (TPSA) is 42.9 Å². The predicted molar refractivity (Wildman–Crippen MR) is 82.3 cm³/mol. The van der Waals surface area contributed by atoms with Crippen LogP contribution in [-0.2, 0) is 0 Å². The summed E-state index contributed by atoms with van der Waals surface area (Å²) in [7, 11) is 0. The number of thioether (sulfide) groups is 1. The number of rotatable bonds is 4. The van der Waals surface area contributed by atoms with Crippen LogP contribution < -0.4 is 0 Å². The third-order valence-corrected chi connectivity index (χ3v) is 3.91. The van der Waals surface area contributed by atoms with Crippen molar-refractivity contribution in [2.75, 3.05) is 0 Å². The van der Waals surface area contributed by atoms with E-state index in [1.165, 1.54) is 11.8 Å². The number of Topliss-reactive ketones (excluding diaryl/α,β-unsaturated/α-hetero) is 1. The number of carbonyl (C=O) groups excluding carboxylic acids is 1. The normalized spacial score (nSPS) is 12.2. The third-order valence-electron chi connectivity index (χ3n) is 2.95. The Balaban J connectivity index is 2.13. The minimum absolute atomic E-state index is 0.109. The van der Waals surface area contributed by atoms with E-state index in [1.807, 2.05) is 58.0 Å². The van der Waals surface area contributed by atoms with E-state index in [4.69, 9.17) is 0 Å². The smallest absolute Gasteiger partial charge is 0.188 e. The number of aromatic nitrogens is 2. The van der Waals surface area contributed by atoms with Gasteiger partial charge in [-0.15, -0.1) is 0 Å². The molecular weight excluding hydrogens is 268 g/mol. The highest BCUT2D eigenvalue weighted by molar-refractivity contribution is 8.00. The number of hydrogen-bond donors (Lipinski definition) is 0. The largest absolute Gasteiger partial charge is 0.293 e. The molecule has 0 aliphatic carbocycles. The number of carbonyl (C=O) groups is 1. The number of ketones is 1. The average Bonchev–Trinajstić information content (AvgIpc) is 2.37. The molecule has 104 valence electrons. The van der Waals surface area contributed by atoms with E-state index in [0.717, 1.165) is 22.5 Å². The monoisotopic (exact) mass is 286 g/mol. The van der Waals surface area contributed by atoms with E-state index in [9.17, 15) is 4.79 Å². The van der Waals surface area contributed by atoms with Gasteiger partial charge < -0.3 is 0 Å². The molecule has 0 aliphatic rings. The number of benzene rings is 1. The van der Waals surface area contributed by atoms with Crippen molar-refractivity contribution in [2.45, 2.75) is 38.1 Å². The fourth-order valence-corrected chi connectivity index (χ4v) is 2.86. The first-order valence-electron chi connectivity index (χ1n) is 6.55. The Kier molecular flexibility index (Phi) is 4.55. The molecule has 0 N–H and O–H groups in total. The lowest BCUT2D eigenvalue weighted by Gasteiger charge is -2.10. The van der Waals surface area contributed by atoms with Crippen molar-refractivity contribution in [1.29, 1.82) is 0 Å². The highest BCUT2D eigenvalue weighted by Crippen LogP contribution is 2.23. The van der Waals surface area contributed by atoms with E-state index >= 15 is 0 Å². The fourth-order valence-electron chi connectivity index (χ4n) is 1.91. The van der Waals surface area contributed by atoms with Gasteiger partial charge in [0.15, 0.2) is 10.9 Å². The van der Waals surface area contributed by atoms with Crippen LogP contribution in [0.15, 0.2) is 35.5 Å². The van der Waals surface area contributed by atoms with Crippen LogP contribution in [0.25, 0.3) is 0 Å². The molecule has 2 aromatic rings. The van der Waals surface area contributed by atoms with Crippen LogP contribution in [0.1, 0.15) is 34.2 Å². The second kappa shape index (κ2) is 6.18. The van der Waals surface area contributed by atoms with Gasteiger partial charge in [0.05, 0.1) is 5.25 Å². The van der Waals surface area contributed by atoms with E-state index in [1.54, 1.807) is 0 Å². The number of nitrogens with zero attached hydrogens (tertiary/aromatic N) is 2. The molecule has 0 saturated heterocycles. The van der Waals surface area contributed by atoms with Crippen LogP contribution in [0.2, 0.25) is 0 Å². The van der Waals surface area contributed by atoms with Crippen LogP contribution in [0, 0.1) is 20.8 Å². The van der Waals surface area contributed by atoms with Crippen molar-refractivity contribution in [3.8, 4) is 0 Å². The third kappa shape index (κ3) is 3.67. The van der Waals surface area contributed by atoms with Gasteiger partial charge in [-0.3, -0.25) is 4.79 Å². The van der Waals surface area contributed by atoms with Gasteiger partial charge in [-0.2, -0.15) is 0 Å². The maximum Gasteiger partial charge on any atom is 0.188 e. The Morgan fingerprint density at radius 2 is 1.60 bits per heavy atom. The molecule has 20 heavy (non-hydrogen) atoms. The Bertz CT molecular complexity index is 603. The number of hydrogen-bond acceptors (Lipinski definition) is 4. The number of aryl methyl sites for hydroxylation is 3. The molecule has 2 rings (SSSR count). The van der Waals surface area contributed by atoms with Gasteiger partial charge in [-0.1, -0.05) is 41.6 Å². The maximum absolute atomic E-state index is 12.4. The highest BCUT2D eigenvalue weighted by atomic mass is 32.2. The minimum atomic E-state index is -0.195. The minimum Gasteiger partial charge on any atom is -0.293 e.